The van der Waals surface area contributed by atoms with Gasteiger partial charge in [-0.2, -0.15) is 13.2 Å². The summed E-state index contributed by atoms with van der Waals surface area (Å²) in [6.07, 6.45) is -4.71. The summed E-state index contributed by atoms with van der Waals surface area (Å²) < 4.78 is 44.2. The number of carbonyl (C=O) groups excluding carboxylic acids is 2. The zero-order valence-corrected chi connectivity index (χ0v) is 12.7. The molecule has 2 atom stereocenters. The summed E-state index contributed by atoms with van der Waals surface area (Å²) in [5, 5.41) is 11.5. The van der Waals surface area contributed by atoms with E-state index in [4.69, 9.17) is 9.84 Å². The minimum Gasteiger partial charge on any atom is -0.482 e. The van der Waals surface area contributed by atoms with Crippen LogP contribution in [0.1, 0.15) is 10.4 Å². The predicted octanol–water partition coefficient (Wildman–Crippen LogP) is 1.35. The molecule has 0 radical (unpaired) electrons. The van der Waals surface area contributed by atoms with Crippen LogP contribution in [-0.2, 0) is 9.59 Å². The summed E-state index contributed by atoms with van der Waals surface area (Å²) in [6, 6.07) is 4.06. The van der Waals surface area contributed by atoms with Crippen molar-refractivity contribution in [3.05, 3.63) is 23.8 Å². The quantitative estimate of drug-likeness (QED) is 0.832. The van der Waals surface area contributed by atoms with Crippen molar-refractivity contribution in [1.29, 1.82) is 0 Å². The van der Waals surface area contributed by atoms with Crippen molar-refractivity contribution in [3.63, 3.8) is 0 Å². The van der Waals surface area contributed by atoms with Gasteiger partial charge in [0.25, 0.3) is 11.8 Å². The van der Waals surface area contributed by atoms with Gasteiger partial charge in [0.15, 0.2) is 6.61 Å². The van der Waals surface area contributed by atoms with Crippen molar-refractivity contribution in [2.45, 2.75) is 6.18 Å². The SMILES string of the molecule is O=C1COc2cc(C(=O)N3C[C@@H](C(F)(F)F)[C@H](C(=O)O)C3)ccc2N1. The second-order valence-corrected chi connectivity index (χ2v) is 5.85. The zero-order chi connectivity index (χ0) is 18.4. The highest BCUT2D eigenvalue weighted by Gasteiger charge is 2.53. The minimum absolute atomic E-state index is 0.0573. The molecule has 134 valence electrons. The molecule has 1 saturated heterocycles. The number of hydrogen-bond donors (Lipinski definition) is 2. The van der Waals surface area contributed by atoms with Gasteiger partial charge in [-0.25, -0.2) is 0 Å². The van der Waals surface area contributed by atoms with E-state index in [1.165, 1.54) is 18.2 Å². The topological polar surface area (TPSA) is 95.9 Å². The van der Waals surface area contributed by atoms with Crippen molar-refractivity contribution in [3.8, 4) is 5.75 Å². The third kappa shape index (κ3) is 3.24. The first kappa shape index (κ1) is 17.1. The lowest BCUT2D eigenvalue weighted by atomic mass is 9.96. The summed E-state index contributed by atoms with van der Waals surface area (Å²) >= 11 is 0. The van der Waals surface area contributed by atoms with Crippen LogP contribution in [0.15, 0.2) is 18.2 Å². The Balaban J connectivity index is 1.82. The molecule has 2 heterocycles. The van der Waals surface area contributed by atoms with Crippen molar-refractivity contribution in [2.75, 3.05) is 25.0 Å². The van der Waals surface area contributed by atoms with Gasteiger partial charge in [-0.05, 0) is 18.2 Å². The Morgan fingerprint density at radius 2 is 2.00 bits per heavy atom. The van der Waals surface area contributed by atoms with E-state index >= 15 is 0 Å². The minimum atomic E-state index is -4.71. The molecule has 2 N–H and O–H groups in total. The average molecular weight is 358 g/mol. The molecule has 10 heteroatoms. The summed E-state index contributed by atoms with van der Waals surface area (Å²) in [4.78, 5) is 35.6. The summed E-state index contributed by atoms with van der Waals surface area (Å²) in [6.45, 7) is -1.47. The van der Waals surface area contributed by atoms with E-state index in [1.807, 2.05) is 0 Å². The van der Waals surface area contributed by atoms with Crippen LogP contribution >= 0.6 is 0 Å². The molecular weight excluding hydrogens is 345 g/mol. The van der Waals surface area contributed by atoms with Crippen LogP contribution in [0.5, 0.6) is 5.75 Å². The maximum absolute atomic E-state index is 13.0. The normalized spacial score (nSPS) is 22.8. The van der Waals surface area contributed by atoms with Gasteiger partial charge in [0.2, 0.25) is 0 Å². The summed E-state index contributed by atoms with van der Waals surface area (Å²) in [5.41, 5.74) is 0.410. The number of aliphatic carboxylic acids is 1. The first-order valence-corrected chi connectivity index (χ1v) is 7.32. The molecule has 0 spiro atoms. The molecule has 1 aromatic rings. The van der Waals surface area contributed by atoms with E-state index in [0.29, 0.717) is 5.69 Å². The van der Waals surface area contributed by atoms with Crippen LogP contribution in [-0.4, -0.2) is 53.7 Å². The largest absolute Gasteiger partial charge is 0.482 e. The number of carboxylic acid groups (broad SMARTS) is 1. The fourth-order valence-corrected chi connectivity index (χ4v) is 2.94. The van der Waals surface area contributed by atoms with Crippen LogP contribution in [0.25, 0.3) is 0 Å². The number of hydrogen-bond acceptors (Lipinski definition) is 4. The Kier molecular flexibility index (Phi) is 4.05. The van der Waals surface area contributed by atoms with Crippen molar-refractivity contribution < 1.29 is 37.4 Å². The van der Waals surface area contributed by atoms with Gasteiger partial charge in [-0.1, -0.05) is 0 Å². The monoisotopic (exact) mass is 358 g/mol. The Morgan fingerprint density at radius 1 is 1.28 bits per heavy atom. The third-order valence-corrected chi connectivity index (χ3v) is 4.21. The molecule has 2 amide bonds. The van der Waals surface area contributed by atoms with Gasteiger partial charge in [0.05, 0.1) is 17.5 Å². The van der Waals surface area contributed by atoms with Crippen LogP contribution in [0.3, 0.4) is 0 Å². The number of nitrogens with one attached hydrogen (secondary N) is 1. The Hall–Kier alpha value is -2.78. The van der Waals surface area contributed by atoms with Crippen LogP contribution in [0, 0.1) is 11.8 Å². The molecule has 2 aliphatic heterocycles. The number of anilines is 1. The molecule has 1 aromatic carbocycles. The molecule has 1 fully saturated rings. The fraction of sp³-hybridized carbons (Fsp3) is 0.400. The van der Waals surface area contributed by atoms with E-state index in [9.17, 15) is 27.6 Å². The summed E-state index contributed by atoms with van der Waals surface area (Å²) in [5.74, 6) is -6.25. The molecule has 0 aliphatic carbocycles. The number of halogens is 3. The number of rotatable bonds is 2. The number of carbonyl (C=O) groups is 3. The van der Waals surface area contributed by atoms with Crippen LogP contribution in [0.4, 0.5) is 18.9 Å². The fourth-order valence-electron chi connectivity index (χ4n) is 2.94. The first-order valence-electron chi connectivity index (χ1n) is 7.32. The number of fused-ring (bicyclic) bond motifs is 1. The van der Waals surface area contributed by atoms with Gasteiger partial charge in [0, 0.05) is 18.7 Å². The molecule has 0 bridgehead atoms. The lowest BCUT2D eigenvalue weighted by Gasteiger charge is -2.21. The molecule has 0 unspecified atom stereocenters. The van der Waals surface area contributed by atoms with Gasteiger partial charge >= 0.3 is 12.1 Å². The van der Waals surface area contributed by atoms with Crippen LogP contribution in [0.2, 0.25) is 0 Å². The highest BCUT2D eigenvalue weighted by molar-refractivity contribution is 5.99. The van der Waals surface area contributed by atoms with Gasteiger partial charge < -0.3 is 20.1 Å². The zero-order valence-electron chi connectivity index (χ0n) is 12.7. The van der Waals surface area contributed by atoms with Gasteiger partial charge in [-0.15, -0.1) is 0 Å². The number of alkyl halides is 3. The number of likely N-dealkylation sites (tertiary alicyclic amines) is 1. The third-order valence-electron chi connectivity index (χ3n) is 4.21. The Morgan fingerprint density at radius 3 is 2.60 bits per heavy atom. The Labute approximate surface area is 139 Å². The molecule has 2 aliphatic rings. The number of nitrogens with zero attached hydrogens (tertiary/aromatic N) is 1. The molecule has 0 aromatic heterocycles. The van der Waals surface area contributed by atoms with E-state index in [0.717, 1.165) is 4.90 Å². The van der Waals surface area contributed by atoms with Gasteiger partial charge in [-0.3, -0.25) is 14.4 Å². The van der Waals surface area contributed by atoms with Crippen molar-refractivity contribution in [1.82, 2.24) is 4.90 Å². The molecular formula is C15H13F3N2O5. The first-order chi connectivity index (χ1) is 11.7. The second kappa shape index (κ2) is 5.94. The van der Waals surface area contributed by atoms with Crippen LogP contribution < -0.4 is 10.1 Å². The average Bonchev–Trinajstić information content (AvgIpc) is 2.99. The van der Waals surface area contributed by atoms with Crippen molar-refractivity contribution >= 4 is 23.5 Å². The lowest BCUT2D eigenvalue weighted by molar-refractivity contribution is -0.187. The number of carboxylic acids is 1. The highest BCUT2D eigenvalue weighted by atomic mass is 19.4. The van der Waals surface area contributed by atoms with E-state index in [-0.39, 0.29) is 23.8 Å². The summed E-state index contributed by atoms with van der Waals surface area (Å²) in [7, 11) is 0. The number of ether oxygens (including phenoxy) is 1. The lowest BCUT2D eigenvalue weighted by Crippen LogP contribution is -2.34. The molecule has 0 saturated carbocycles. The van der Waals surface area contributed by atoms with Gasteiger partial charge in [0.1, 0.15) is 5.75 Å². The highest BCUT2D eigenvalue weighted by Crippen LogP contribution is 2.38. The van der Waals surface area contributed by atoms with Crippen molar-refractivity contribution in [2.24, 2.45) is 11.8 Å². The maximum Gasteiger partial charge on any atom is 0.394 e. The number of amides is 2. The van der Waals surface area contributed by atoms with E-state index in [1.54, 1.807) is 0 Å². The molecule has 3 rings (SSSR count). The second-order valence-electron chi connectivity index (χ2n) is 5.85. The maximum atomic E-state index is 13.0. The Bertz CT molecular complexity index is 749. The predicted molar refractivity (Wildman–Crippen MR) is 77.1 cm³/mol. The smallest absolute Gasteiger partial charge is 0.394 e. The van der Waals surface area contributed by atoms with E-state index in [2.05, 4.69) is 5.32 Å². The molecule has 25 heavy (non-hydrogen) atoms. The molecule has 7 nitrogen and oxygen atoms in total. The van der Waals surface area contributed by atoms with E-state index < -0.39 is 43.0 Å². The number of benzene rings is 1. The standard InChI is InChI=1S/C15H13F3N2O5/c16-15(17,18)9-5-20(4-8(9)14(23)24)13(22)7-1-2-10-11(3-7)25-6-12(21)19-10/h1-3,8-9H,4-6H2,(H,19,21)(H,23,24)/t8-,9-/m1/s1.